The summed E-state index contributed by atoms with van der Waals surface area (Å²) in [4.78, 5) is 23.5. The number of hydrogen-bond donors (Lipinski definition) is 3. The molecular formula is C14H12N4O2. The third kappa shape index (κ3) is 1.36. The lowest BCUT2D eigenvalue weighted by Gasteiger charge is -2.21. The summed E-state index contributed by atoms with van der Waals surface area (Å²) >= 11 is 0. The first-order chi connectivity index (χ1) is 9.69. The van der Waals surface area contributed by atoms with Gasteiger partial charge in [0, 0.05) is 11.8 Å². The first-order valence-electron chi connectivity index (χ1n) is 6.45. The predicted molar refractivity (Wildman–Crippen MR) is 70.7 cm³/mol. The number of aryl methyl sites for hydroxylation is 1. The molecule has 100 valence electrons. The van der Waals surface area contributed by atoms with Crippen molar-refractivity contribution in [2.24, 2.45) is 0 Å². The van der Waals surface area contributed by atoms with Crippen LogP contribution in [0.1, 0.15) is 17.5 Å². The SMILES string of the molecule is O=C1NC(=O)[C@@]2(CCc3cc(-c4cn[nH]c4)ccc32)N1. The van der Waals surface area contributed by atoms with E-state index in [1.807, 2.05) is 18.3 Å². The van der Waals surface area contributed by atoms with Gasteiger partial charge in [0.1, 0.15) is 5.54 Å². The van der Waals surface area contributed by atoms with Crippen LogP contribution in [0.25, 0.3) is 11.1 Å². The van der Waals surface area contributed by atoms with Gasteiger partial charge in [-0.05, 0) is 29.5 Å². The molecule has 6 heteroatoms. The lowest BCUT2D eigenvalue weighted by Crippen LogP contribution is -2.41. The molecule has 4 rings (SSSR count). The number of fused-ring (bicyclic) bond motifs is 2. The summed E-state index contributed by atoms with van der Waals surface area (Å²) in [5.41, 5.74) is 3.18. The zero-order chi connectivity index (χ0) is 13.7. The summed E-state index contributed by atoms with van der Waals surface area (Å²) in [5, 5.41) is 11.8. The van der Waals surface area contributed by atoms with Crippen molar-refractivity contribution in [1.82, 2.24) is 20.8 Å². The largest absolute Gasteiger partial charge is 0.322 e. The van der Waals surface area contributed by atoms with Crippen LogP contribution in [0.5, 0.6) is 0 Å². The van der Waals surface area contributed by atoms with E-state index in [0.717, 1.165) is 28.7 Å². The van der Waals surface area contributed by atoms with E-state index in [9.17, 15) is 9.59 Å². The number of imide groups is 1. The van der Waals surface area contributed by atoms with Crippen LogP contribution < -0.4 is 10.6 Å². The Bertz CT molecular complexity index is 723. The van der Waals surface area contributed by atoms with Crippen molar-refractivity contribution in [3.63, 3.8) is 0 Å². The molecule has 0 bridgehead atoms. The van der Waals surface area contributed by atoms with Crippen molar-refractivity contribution < 1.29 is 9.59 Å². The van der Waals surface area contributed by atoms with E-state index in [1.54, 1.807) is 6.20 Å². The highest BCUT2D eigenvalue weighted by molar-refractivity contribution is 6.08. The van der Waals surface area contributed by atoms with Crippen LogP contribution in [0.2, 0.25) is 0 Å². The Hall–Kier alpha value is -2.63. The maximum Gasteiger partial charge on any atom is 0.322 e. The molecule has 2 aromatic rings. The van der Waals surface area contributed by atoms with Gasteiger partial charge in [0.2, 0.25) is 0 Å². The lowest BCUT2D eigenvalue weighted by molar-refractivity contribution is -0.124. The number of rotatable bonds is 1. The molecule has 3 amide bonds. The topological polar surface area (TPSA) is 86.9 Å². The van der Waals surface area contributed by atoms with E-state index < -0.39 is 11.6 Å². The fourth-order valence-corrected chi connectivity index (χ4v) is 3.12. The zero-order valence-corrected chi connectivity index (χ0v) is 10.6. The Labute approximate surface area is 114 Å². The monoisotopic (exact) mass is 268 g/mol. The van der Waals surface area contributed by atoms with E-state index in [-0.39, 0.29) is 5.91 Å². The van der Waals surface area contributed by atoms with E-state index in [1.165, 1.54) is 0 Å². The molecule has 2 heterocycles. The van der Waals surface area contributed by atoms with Gasteiger partial charge in [-0.15, -0.1) is 0 Å². The van der Waals surface area contributed by atoms with Gasteiger partial charge in [-0.25, -0.2) is 4.79 Å². The summed E-state index contributed by atoms with van der Waals surface area (Å²) in [6, 6.07) is 5.53. The van der Waals surface area contributed by atoms with Gasteiger partial charge < -0.3 is 5.32 Å². The summed E-state index contributed by atoms with van der Waals surface area (Å²) in [6.45, 7) is 0. The summed E-state index contributed by atoms with van der Waals surface area (Å²) < 4.78 is 0. The number of aromatic amines is 1. The van der Waals surface area contributed by atoms with Crippen LogP contribution >= 0.6 is 0 Å². The highest BCUT2D eigenvalue weighted by atomic mass is 16.2. The number of carbonyl (C=O) groups excluding carboxylic acids is 2. The van der Waals surface area contributed by atoms with Crippen LogP contribution in [0, 0.1) is 0 Å². The second-order valence-corrected chi connectivity index (χ2v) is 5.17. The van der Waals surface area contributed by atoms with Gasteiger partial charge in [0.15, 0.2) is 0 Å². The molecule has 1 aromatic heterocycles. The number of H-pyrrole nitrogens is 1. The number of nitrogens with zero attached hydrogens (tertiary/aromatic N) is 1. The van der Waals surface area contributed by atoms with E-state index in [0.29, 0.717) is 6.42 Å². The summed E-state index contributed by atoms with van der Waals surface area (Å²) in [6.07, 6.45) is 4.97. The summed E-state index contributed by atoms with van der Waals surface area (Å²) in [7, 11) is 0. The second kappa shape index (κ2) is 3.69. The Kier molecular flexibility index (Phi) is 2.07. The molecule has 1 aromatic carbocycles. The maximum atomic E-state index is 12.1. The quantitative estimate of drug-likeness (QED) is 0.676. The fraction of sp³-hybridized carbons (Fsp3) is 0.214. The Balaban J connectivity index is 1.81. The van der Waals surface area contributed by atoms with Crippen molar-refractivity contribution in [2.45, 2.75) is 18.4 Å². The van der Waals surface area contributed by atoms with Gasteiger partial charge in [-0.2, -0.15) is 5.10 Å². The molecule has 1 spiro atoms. The van der Waals surface area contributed by atoms with Crippen LogP contribution in [-0.4, -0.2) is 22.1 Å². The lowest BCUT2D eigenvalue weighted by atomic mass is 9.91. The minimum atomic E-state index is -0.874. The van der Waals surface area contributed by atoms with Crippen LogP contribution in [0.3, 0.4) is 0 Å². The molecule has 1 saturated heterocycles. The highest BCUT2D eigenvalue weighted by Gasteiger charge is 2.51. The molecule has 1 aliphatic carbocycles. The molecule has 0 radical (unpaired) electrons. The molecule has 2 aliphatic rings. The Morgan fingerprint density at radius 2 is 2.10 bits per heavy atom. The minimum Gasteiger partial charge on any atom is -0.319 e. The summed E-state index contributed by atoms with van der Waals surface area (Å²) in [5.74, 6) is -0.252. The maximum absolute atomic E-state index is 12.1. The molecule has 3 N–H and O–H groups in total. The zero-order valence-electron chi connectivity index (χ0n) is 10.6. The van der Waals surface area contributed by atoms with Crippen molar-refractivity contribution >= 4 is 11.9 Å². The minimum absolute atomic E-state index is 0.252. The standard InChI is InChI=1S/C14H12N4O2/c19-12-14(18-13(20)17-12)4-3-9-5-8(1-2-11(9)14)10-6-15-16-7-10/h1-2,5-7H,3-4H2,(H,15,16)(H2,17,18,19,20)/t14-/m0/s1. The van der Waals surface area contributed by atoms with Gasteiger partial charge >= 0.3 is 6.03 Å². The predicted octanol–water partition coefficient (Wildman–Crippen LogP) is 1.06. The van der Waals surface area contributed by atoms with Crippen LogP contribution in [-0.2, 0) is 16.8 Å². The number of amides is 3. The van der Waals surface area contributed by atoms with Crippen LogP contribution in [0.15, 0.2) is 30.6 Å². The molecule has 1 atom stereocenters. The van der Waals surface area contributed by atoms with E-state index in [2.05, 4.69) is 26.9 Å². The third-order valence-corrected chi connectivity index (χ3v) is 4.11. The average molecular weight is 268 g/mol. The van der Waals surface area contributed by atoms with Gasteiger partial charge in [0.05, 0.1) is 6.20 Å². The molecule has 1 aliphatic heterocycles. The smallest absolute Gasteiger partial charge is 0.319 e. The number of hydrogen-bond acceptors (Lipinski definition) is 3. The van der Waals surface area contributed by atoms with Crippen molar-refractivity contribution in [3.05, 3.63) is 41.7 Å². The number of nitrogens with one attached hydrogen (secondary N) is 3. The van der Waals surface area contributed by atoms with Crippen molar-refractivity contribution in [1.29, 1.82) is 0 Å². The normalized spacial score (nSPS) is 23.8. The molecule has 0 saturated carbocycles. The highest BCUT2D eigenvalue weighted by Crippen LogP contribution is 2.40. The molecular weight excluding hydrogens is 256 g/mol. The number of urea groups is 1. The van der Waals surface area contributed by atoms with E-state index in [4.69, 9.17) is 0 Å². The Morgan fingerprint density at radius 1 is 1.20 bits per heavy atom. The van der Waals surface area contributed by atoms with E-state index >= 15 is 0 Å². The van der Waals surface area contributed by atoms with Gasteiger partial charge in [-0.1, -0.05) is 18.2 Å². The second-order valence-electron chi connectivity index (χ2n) is 5.17. The molecule has 6 nitrogen and oxygen atoms in total. The molecule has 0 unspecified atom stereocenters. The first kappa shape index (κ1) is 11.2. The first-order valence-corrected chi connectivity index (χ1v) is 6.45. The molecule has 20 heavy (non-hydrogen) atoms. The number of benzene rings is 1. The van der Waals surface area contributed by atoms with Crippen molar-refractivity contribution in [2.75, 3.05) is 0 Å². The Morgan fingerprint density at radius 3 is 2.80 bits per heavy atom. The average Bonchev–Trinajstić information content (AvgIpc) is 3.12. The van der Waals surface area contributed by atoms with Crippen LogP contribution in [0.4, 0.5) is 4.79 Å². The fourth-order valence-electron chi connectivity index (χ4n) is 3.12. The van der Waals surface area contributed by atoms with Gasteiger partial charge in [0.25, 0.3) is 5.91 Å². The van der Waals surface area contributed by atoms with Gasteiger partial charge in [-0.3, -0.25) is 15.2 Å². The number of carbonyl (C=O) groups is 2. The third-order valence-electron chi connectivity index (χ3n) is 4.11. The van der Waals surface area contributed by atoms with Crippen molar-refractivity contribution in [3.8, 4) is 11.1 Å². The molecule has 1 fully saturated rings. The number of aromatic nitrogens is 2.